The van der Waals surface area contributed by atoms with E-state index >= 15 is 0 Å². The molecule has 0 aliphatic rings. The number of esters is 1. The molecule has 0 fully saturated rings. The van der Waals surface area contributed by atoms with Gasteiger partial charge in [0, 0.05) is 23.4 Å². The van der Waals surface area contributed by atoms with Gasteiger partial charge in [0.15, 0.2) is 0 Å². The molecule has 1 aromatic carbocycles. The molecule has 0 bridgehead atoms. The number of halogens is 1. The molecular weight excluding hydrogens is 327 g/mol. The van der Waals surface area contributed by atoms with Crippen LogP contribution in [-0.4, -0.2) is 35.8 Å². The molecule has 132 valence electrons. The largest absolute Gasteiger partial charge is 0.462 e. The van der Waals surface area contributed by atoms with Crippen LogP contribution in [0.5, 0.6) is 0 Å². The normalized spacial score (nSPS) is 10.4. The highest BCUT2D eigenvalue weighted by Crippen LogP contribution is 2.33. The van der Waals surface area contributed by atoms with Crippen molar-refractivity contribution in [3.8, 4) is 11.1 Å². The second kappa shape index (κ2) is 7.74. The Balaban J connectivity index is 2.71. The monoisotopic (exact) mass is 346 g/mol. The van der Waals surface area contributed by atoms with Crippen LogP contribution in [0.4, 0.5) is 4.39 Å². The predicted octanol–water partition coefficient (Wildman–Crippen LogP) is 2.62. The second-order valence-corrected chi connectivity index (χ2v) is 5.26. The lowest BCUT2D eigenvalue weighted by atomic mass is 9.98. The molecule has 2 rings (SSSR count). The third-order valence-corrected chi connectivity index (χ3v) is 3.58. The minimum atomic E-state index is -0.876. The van der Waals surface area contributed by atoms with E-state index in [1.54, 1.807) is 26.8 Å². The number of ether oxygens (including phenoxy) is 1. The van der Waals surface area contributed by atoms with Crippen molar-refractivity contribution >= 4 is 17.7 Å². The van der Waals surface area contributed by atoms with E-state index in [1.807, 2.05) is 0 Å². The summed E-state index contributed by atoms with van der Waals surface area (Å²) in [6.45, 7) is 5.27. The number of carbonyl (C=O) groups is 3. The molecule has 7 heteroatoms. The number of amides is 1. The molecule has 0 aliphatic carbocycles. The Bertz CT molecular complexity index is 826. The highest BCUT2D eigenvalue weighted by atomic mass is 19.1. The van der Waals surface area contributed by atoms with E-state index in [9.17, 15) is 18.8 Å². The first-order valence-corrected chi connectivity index (χ1v) is 7.89. The first-order chi connectivity index (χ1) is 11.9. The molecule has 0 aliphatic heterocycles. The lowest BCUT2D eigenvalue weighted by molar-refractivity contribution is -0.116. The molecule has 0 radical (unpaired) electrons. The second-order valence-electron chi connectivity index (χ2n) is 5.26. The number of likely N-dealkylation sites (N-methyl/N-ethyl adjacent to an activating group) is 1. The van der Waals surface area contributed by atoms with Crippen molar-refractivity contribution < 1.29 is 23.5 Å². The lowest BCUT2D eigenvalue weighted by Gasteiger charge is -2.08. The Morgan fingerprint density at radius 2 is 1.88 bits per heavy atom. The van der Waals surface area contributed by atoms with Gasteiger partial charge in [0.05, 0.1) is 12.2 Å². The quantitative estimate of drug-likeness (QED) is 0.478. The van der Waals surface area contributed by atoms with Crippen LogP contribution in [0.2, 0.25) is 0 Å². The molecule has 1 amide bonds. The van der Waals surface area contributed by atoms with Gasteiger partial charge in [-0.3, -0.25) is 9.59 Å². The van der Waals surface area contributed by atoms with Crippen molar-refractivity contribution in [3.05, 3.63) is 47.0 Å². The van der Waals surface area contributed by atoms with E-state index < -0.39 is 23.5 Å². The molecule has 0 unspecified atom stereocenters. The number of aromatic nitrogens is 1. The Hall–Kier alpha value is -2.96. The molecule has 25 heavy (non-hydrogen) atoms. The summed E-state index contributed by atoms with van der Waals surface area (Å²) in [5.41, 5.74) is 0.299. The fourth-order valence-electron chi connectivity index (χ4n) is 2.54. The van der Waals surface area contributed by atoms with Crippen LogP contribution < -0.4 is 5.32 Å². The first kappa shape index (κ1) is 18.4. The fraction of sp³-hybridized carbons (Fsp3) is 0.278. The van der Waals surface area contributed by atoms with Crippen LogP contribution in [0.1, 0.15) is 40.4 Å². The van der Waals surface area contributed by atoms with Crippen LogP contribution in [0.3, 0.4) is 0 Å². The molecule has 1 heterocycles. The Kier molecular flexibility index (Phi) is 5.69. The molecule has 6 nitrogen and oxygen atoms in total. The number of carbonyl (C=O) groups excluding carboxylic acids is 3. The summed E-state index contributed by atoms with van der Waals surface area (Å²) < 4.78 is 19.3. The Morgan fingerprint density at radius 1 is 1.20 bits per heavy atom. The zero-order valence-electron chi connectivity index (χ0n) is 14.2. The topological polar surface area (TPSA) is 88.3 Å². The minimum Gasteiger partial charge on any atom is -0.462 e. The standard InChI is InChI=1S/C18H19FN2O4/c1-4-20-17(23)16(22)15-14(11-8-6-7-9-12(11)19)13(10(3)21-15)18(24)25-5-2/h6-9,21H,4-5H2,1-3H3,(H,20,23). The highest BCUT2D eigenvalue weighted by molar-refractivity contribution is 6.43. The summed E-state index contributed by atoms with van der Waals surface area (Å²) in [7, 11) is 0. The third-order valence-electron chi connectivity index (χ3n) is 3.58. The molecule has 0 saturated carbocycles. The van der Waals surface area contributed by atoms with Gasteiger partial charge in [0.1, 0.15) is 11.5 Å². The Labute approximate surface area is 144 Å². The highest BCUT2D eigenvalue weighted by Gasteiger charge is 2.30. The molecule has 0 spiro atoms. The van der Waals surface area contributed by atoms with Gasteiger partial charge in [-0.25, -0.2) is 9.18 Å². The molecule has 1 aromatic heterocycles. The number of ketones is 1. The van der Waals surface area contributed by atoms with Crippen LogP contribution in [0.25, 0.3) is 11.1 Å². The van der Waals surface area contributed by atoms with Crippen molar-refractivity contribution in [2.24, 2.45) is 0 Å². The molecular formula is C18H19FN2O4. The minimum absolute atomic E-state index is 0.0327. The van der Waals surface area contributed by atoms with E-state index in [2.05, 4.69) is 10.3 Å². The summed E-state index contributed by atoms with van der Waals surface area (Å²) in [6, 6.07) is 5.73. The van der Waals surface area contributed by atoms with Crippen molar-refractivity contribution in [2.45, 2.75) is 20.8 Å². The number of aryl methyl sites for hydroxylation is 1. The summed E-state index contributed by atoms with van der Waals surface area (Å²) >= 11 is 0. The number of hydrogen-bond donors (Lipinski definition) is 2. The summed E-state index contributed by atoms with van der Waals surface area (Å²) in [6.07, 6.45) is 0. The number of Topliss-reactive ketones (excluding diaryl/α,β-unsaturated/α-hetero) is 1. The van der Waals surface area contributed by atoms with E-state index in [0.29, 0.717) is 5.69 Å². The summed E-state index contributed by atoms with van der Waals surface area (Å²) in [5, 5.41) is 2.40. The zero-order valence-corrected chi connectivity index (χ0v) is 14.2. The molecule has 2 N–H and O–H groups in total. The van der Waals surface area contributed by atoms with Gasteiger partial charge in [-0.1, -0.05) is 18.2 Å². The predicted molar refractivity (Wildman–Crippen MR) is 89.9 cm³/mol. The number of nitrogens with one attached hydrogen (secondary N) is 2. The van der Waals surface area contributed by atoms with Crippen LogP contribution in [0.15, 0.2) is 24.3 Å². The van der Waals surface area contributed by atoms with Crippen LogP contribution >= 0.6 is 0 Å². The van der Waals surface area contributed by atoms with Crippen molar-refractivity contribution in [2.75, 3.05) is 13.2 Å². The van der Waals surface area contributed by atoms with Gasteiger partial charge < -0.3 is 15.0 Å². The smallest absolute Gasteiger partial charge is 0.340 e. The maximum atomic E-state index is 14.3. The fourth-order valence-corrected chi connectivity index (χ4v) is 2.54. The summed E-state index contributed by atoms with van der Waals surface area (Å²) in [5.74, 6) is -3.02. The third kappa shape index (κ3) is 3.60. The number of benzene rings is 1. The average molecular weight is 346 g/mol. The van der Waals surface area contributed by atoms with E-state index in [4.69, 9.17) is 4.74 Å². The lowest BCUT2D eigenvalue weighted by Crippen LogP contribution is -2.31. The SMILES string of the molecule is CCNC(=O)C(=O)c1[nH]c(C)c(C(=O)OCC)c1-c1ccccc1F. The van der Waals surface area contributed by atoms with E-state index in [1.165, 1.54) is 18.2 Å². The van der Waals surface area contributed by atoms with Crippen molar-refractivity contribution in [1.29, 1.82) is 0 Å². The number of hydrogen-bond acceptors (Lipinski definition) is 4. The molecule has 2 aromatic rings. The first-order valence-electron chi connectivity index (χ1n) is 7.89. The number of H-pyrrole nitrogens is 1. The van der Waals surface area contributed by atoms with Crippen LogP contribution in [-0.2, 0) is 9.53 Å². The molecule has 0 saturated heterocycles. The van der Waals surface area contributed by atoms with E-state index in [0.717, 1.165) is 0 Å². The van der Waals surface area contributed by atoms with Crippen molar-refractivity contribution in [3.63, 3.8) is 0 Å². The number of aromatic amines is 1. The van der Waals surface area contributed by atoms with Gasteiger partial charge in [-0.2, -0.15) is 0 Å². The maximum Gasteiger partial charge on any atom is 0.340 e. The van der Waals surface area contributed by atoms with Gasteiger partial charge in [0.2, 0.25) is 0 Å². The van der Waals surface area contributed by atoms with Gasteiger partial charge in [-0.15, -0.1) is 0 Å². The van der Waals surface area contributed by atoms with Crippen LogP contribution in [0, 0.1) is 12.7 Å². The van der Waals surface area contributed by atoms with Gasteiger partial charge in [-0.05, 0) is 26.8 Å². The zero-order chi connectivity index (χ0) is 18.6. The average Bonchev–Trinajstić information content (AvgIpc) is 2.92. The summed E-state index contributed by atoms with van der Waals surface area (Å²) in [4.78, 5) is 39.5. The molecule has 0 atom stereocenters. The van der Waals surface area contributed by atoms with Gasteiger partial charge >= 0.3 is 5.97 Å². The number of rotatable bonds is 6. The Morgan fingerprint density at radius 3 is 2.48 bits per heavy atom. The maximum absolute atomic E-state index is 14.3. The van der Waals surface area contributed by atoms with Gasteiger partial charge in [0.25, 0.3) is 11.7 Å². The van der Waals surface area contributed by atoms with Crippen molar-refractivity contribution in [1.82, 2.24) is 10.3 Å². The van der Waals surface area contributed by atoms with E-state index in [-0.39, 0.29) is 35.5 Å².